The first kappa shape index (κ1) is 28.3. The average Bonchev–Trinajstić information content (AvgIpc) is 3.04. The van der Waals surface area contributed by atoms with Crippen LogP contribution in [0.1, 0.15) is 66.5 Å². The first-order chi connectivity index (χ1) is 16.2. The molecule has 35 heavy (non-hydrogen) atoms. The van der Waals surface area contributed by atoms with E-state index in [-0.39, 0.29) is 31.1 Å². The molecule has 0 spiro atoms. The SMILES string of the molecule is CNN(C)Cc1cc2cc(NC(=O)CCC(=O)OC(C)(C)C)ccc2n1CCC(=O)OC(C)(C)C. The number of aryl methyl sites for hydroxylation is 1. The highest BCUT2D eigenvalue weighted by Gasteiger charge is 2.19. The maximum absolute atomic E-state index is 12.4. The molecule has 0 saturated carbocycles. The Kier molecular flexibility index (Phi) is 9.45. The van der Waals surface area contributed by atoms with Crippen LogP contribution in [-0.2, 0) is 36.9 Å². The van der Waals surface area contributed by atoms with Crippen molar-refractivity contribution < 1.29 is 23.9 Å². The number of benzene rings is 1. The molecule has 1 aromatic carbocycles. The molecular weight excluding hydrogens is 448 g/mol. The van der Waals surface area contributed by atoms with Crippen LogP contribution in [0.2, 0.25) is 0 Å². The number of fused-ring (bicyclic) bond motifs is 1. The van der Waals surface area contributed by atoms with Crippen LogP contribution in [0.15, 0.2) is 24.3 Å². The second-order valence-corrected chi connectivity index (χ2v) is 10.6. The molecule has 2 aromatic rings. The van der Waals surface area contributed by atoms with E-state index in [4.69, 9.17) is 9.47 Å². The Labute approximate surface area is 208 Å². The molecule has 0 aliphatic rings. The van der Waals surface area contributed by atoms with Gasteiger partial charge in [-0.1, -0.05) is 0 Å². The van der Waals surface area contributed by atoms with Crippen LogP contribution in [0.3, 0.4) is 0 Å². The molecule has 1 heterocycles. The molecule has 0 aliphatic heterocycles. The van der Waals surface area contributed by atoms with E-state index in [2.05, 4.69) is 21.4 Å². The van der Waals surface area contributed by atoms with Gasteiger partial charge in [-0.05, 0) is 72.9 Å². The van der Waals surface area contributed by atoms with Crippen LogP contribution in [-0.4, -0.2) is 52.7 Å². The number of hydrazine groups is 1. The Balaban J connectivity index is 2.15. The number of anilines is 1. The second-order valence-electron chi connectivity index (χ2n) is 10.6. The van der Waals surface area contributed by atoms with Gasteiger partial charge in [0.25, 0.3) is 0 Å². The standard InChI is InChI=1S/C26H40N4O5/c1-25(2,3)34-23(32)12-11-22(31)28-19-9-10-21-18(15-19)16-20(17-29(8)27-7)30(21)14-13-24(33)35-26(4,5)6/h9-10,15-16,27H,11-14,17H2,1-8H3,(H,28,31). The molecular formula is C26H40N4O5. The highest BCUT2D eigenvalue weighted by molar-refractivity contribution is 5.95. The number of hydrogen-bond acceptors (Lipinski definition) is 7. The summed E-state index contributed by atoms with van der Waals surface area (Å²) in [5, 5.41) is 5.74. The molecule has 194 valence electrons. The van der Waals surface area contributed by atoms with Crippen LogP contribution in [0.5, 0.6) is 0 Å². The zero-order chi connectivity index (χ0) is 26.4. The van der Waals surface area contributed by atoms with Gasteiger partial charge in [-0.3, -0.25) is 19.8 Å². The Morgan fingerprint density at radius 3 is 2.09 bits per heavy atom. The summed E-state index contributed by atoms with van der Waals surface area (Å²) in [6.07, 6.45) is 0.315. The van der Waals surface area contributed by atoms with E-state index in [0.29, 0.717) is 18.8 Å². The minimum Gasteiger partial charge on any atom is -0.460 e. The normalized spacial score (nSPS) is 12.1. The Hall–Kier alpha value is -2.91. The summed E-state index contributed by atoms with van der Waals surface area (Å²) in [6.45, 7) is 12.0. The lowest BCUT2D eigenvalue weighted by Crippen LogP contribution is -2.31. The first-order valence-corrected chi connectivity index (χ1v) is 11.9. The van der Waals surface area contributed by atoms with Crippen molar-refractivity contribution in [2.45, 2.75) is 85.1 Å². The lowest BCUT2D eigenvalue weighted by molar-refractivity contribution is -0.156. The largest absolute Gasteiger partial charge is 0.460 e. The molecule has 1 aromatic heterocycles. The Bertz CT molecular complexity index is 1050. The van der Waals surface area contributed by atoms with E-state index in [1.54, 1.807) is 20.8 Å². The second kappa shape index (κ2) is 11.7. The van der Waals surface area contributed by atoms with Crippen molar-refractivity contribution in [1.82, 2.24) is 15.0 Å². The van der Waals surface area contributed by atoms with E-state index in [1.165, 1.54) is 0 Å². The Morgan fingerprint density at radius 2 is 1.51 bits per heavy atom. The molecule has 1 amide bonds. The highest BCUT2D eigenvalue weighted by atomic mass is 16.6. The summed E-state index contributed by atoms with van der Waals surface area (Å²) in [5.41, 5.74) is 4.61. The summed E-state index contributed by atoms with van der Waals surface area (Å²) < 4.78 is 12.8. The molecule has 2 N–H and O–H groups in total. The van der Waals surface area contributed by atoms with Gasteiger partial charge in [0, 0.05) is 42.3 Å². The number of ether oxygens (including phenoxy) is 2. The van der Waals surface area contributed by atoms with Gasteiger partial charge < -0.3 is 19.4 Å². The quantitative estimate of drug-likeness (QED) is 0.385. The Morgan fingerprint density at radius 1 is 0.914 bits per heavy atom. The number of nitrogens with zero attached hydrogens (tertiary/aromatic N) is 2. The van der Waals surface area contributed by atoms with Gasteiger partial charge in [0.05, 0.1) is 19.4 Å². The van der Waals surface area contributed by atoms with Gasteiger partial charge >= 0.3 is 11.9 Å². The number of hydrogen-bond donors (Lipinski definition) is 2. The van der Waals surface area contributed by atoms with Gasteiger partial charge in [-0.2, -0.15) is 0 Å². The van der Waals surface area contributed by atoms with E-state index in [0.717, 1.165) is 16.6 Å². The number of nitrogens with one attached hydrogen (secondary N) is 2. The number of aromatic nitrogens is 1. The van der Waals surface area contributed by atoms with Gasteiger partial charge in [0.15, 0.2) is 0 Å². The maximum atomic E-state index is 12.4. The van der Waals surface area contributed by atoms with Crippen molar-refractivity contribution in [3.8, 4) is 0 Å². The predicted molar refractivity (Wildman–Crippen MR) is 137 cm³/mol. The number of esters is 2. The molecule has 0 fully saturated rings. The van der Waals surface area contributed by atoms with Crippen molar-refractivity contribution in [2.75, 3.05) is 19.4 Å². The first-order valence-electron chi connectivity index (χ1n) is 11.9. The maximum Gasteiger partial charge on any atom is 0.308 e. The summed E-state index contributed by atoms with van der Waals surface area (Å²) in [6, 6.07) is 7.70. The predicted octanol–water partition coefficient (Wildman–Crippen LogP) is 4.00. The molecule has 9 heteroatoms. The fraction of sp³-hybridized carbons (Fsp3) is 0.577. The smallest absolute Gasteiger partial charge is 0.308 e. The molecule has 0 unspecified atom stereocenters. The lowest BCUT2D eigenvalue weighted by atomic mass is 10.2. The molecule has 0 aliphatic carbocycles. The van der Waals surface area contributed by atoms with Crippen LogP contribution < -0.4 is 10.7 Å². The van der Waals surface area contributed by atoms with Gasteiger partial charge in [-0.25, -0.2) is 5.01 Å². The van der Waals surface area contributed by atoms with Crippen molar-refractivity contribution in [2.24, 2.45) is 0 Å². The van der Waals surface area contributed by atoms with Gasteiger partial charge in [0.2, 0.25) is 5.91 Å². The molecule has 0 bridgehead atoms. The molecule has 0 atom stereocenters. The summed E-state index contributed by atoms with van der Waals surface area (Å²) in [5.74, 6) is -0.903. The third-order valence-corrected chi connectivity index (χ3v) is 4.99. The molecule has 0 saturated heterocycles. The van der Waals surface area contributed by atoms with Crippen molar-refractivity contribution in [1.29, 1.82) is 0 Å². The molecule has 9 nitrogen and oxygen atoms in total. The van der Waals surface area contributed by atoms with E-state index in [1.807, 2.05) is 58.1 Å². The third kappa shape index (κ3) is 9.70. The van der Waals surface area contributed by atoms with Crippen LogP contribution in [0.4, 0.5) is 5.69 Å². The minimum absolute atomic E-state index is 0.0207. The fourth-order valence-corrected chi connectivity index (χ4v) is 3.55. The van der Waals surface area contributed by atoms with Crippen molar-refractivity contribution in [3.05, 3.63) is 30.0 Å². The number of rotatable bonds is 10. The van der Waals surface area contributed by atoms with E-state index in [9.17, 15) is 14.4 Å². The zero-order valence-corrected chi connectivity index (χ0v) is 22.3. The number of carbonyl (C=O) groups excluding carboxylic acids is 3. The fourth-order valence-electron chi connectivity index (χ4n) is 3.55. The summed E-state index contributed by atoms with van der Waals surface area (Å²) in [4.78, 5) is 36.6. The van der Waals surface area contributed by atoms with Crippen LogP contribution in [0, 0.1) is 0 Å². The minimum atomic E-state index is -0.575. The van der Waals surface area contributed by atoms with E-state index < -0.39 is 17.2 Å². The van der Waals surface area contributed by atoms with Crippen LogP contribution in [0.25, 0.3) is 10.9 Å². The van der Waals surface area contributed by atoms with Crippen molar-refractivity contribution in [3.63, 3.8) is 0 Å². The summed E-state index contributed by atoms with van der Waals surface area (Å²) in [7, 11) is 3.78. The zero-order valence-electron chi connectivity index (χ0n) is 22.3. The van der Waals surface area contributed by atoms with Gasteiger partial charge in [-0.15, -0.1) is 0 Å². The van der Waals surface area contributed by atoms with Gasteiger partial charge in [0.1, 0.15) is 11.2 Å². The van der Waals surface area contributed by atoms with Crippen molar-refractivity contribution >= 4 is 34.4 Å². The topological polar surface area (TPSA) is 102 Å². The van der Waals surface area contributed by atoms with Crippen LogP contribution >= 0.6 is 0 Å². The van der Waals surface area contributed by atoms with E-state index >= 15 is 0 Å². The summed E-state index contributed by atoms with van der Waals surface area (Å²) >= 11 is 0. The highest BCUT2D eigenvalue weighted by Crippen LogP contribution is 2.25. The average molecular weight is 489 g/mol. The molecule has 2 rings (SSSR count). The number of carbonyl (C=O) groups is 3. The molecule has 0 radical (unpaired) electrons. The number of amides is 1. The lowest BCUT2D eigenvalue weighted by Gasteiger charge is -2.20. The third-order valence-electron chi connectivity index (χ3n) is 4.99. The monoisotopic (exact) mass is 488 g/mol.